The maximum atomic E-state index is 9.97. The summed E-state index contributed by atoms with van der Waals surface area (Å²) in [6, 6.07) is 5.89. The van der Waals surface area contributed by atoms with Crippen LogP contribution in [0.4, 0.5) is 0 Å². The van der Waals surface area contributed by atoms with Crippen molar-refractivity contribution < 1.29 is 15.8 Å². The van der Waals surface area contributed by atoms with Gasteiger partial charge in [0.05, 0.1) is 18.7 Å². The Morgan fingerprint density at radius 3 is 2.47 bits per heavy atom. The van der Waals surface area contributed by atoms with Crippen LogP contribution in [0.3, 0.4) is 0 Å². The highest BCUT2D eigenvalue weighted by Gasteiger charge is 2.52. The fourth-order valence-corrected chi connectivity index (χ4v) is 2.71. The largest absolute Gasteiger partial charge is 0.495 e. The molecule has 1 aromatic rings. The third-order valence-corrected chi connectivity index (χ3v) is 4.59. The zero-order valence-corrected chi connectivity index (χ0v) is 12.0. The van der Waals surface area contributed by atoms with Gasteiger partial charge < -0.3 is 14.4 Å². The Hall–Kier alpha value is -0.835. The molecule has 2 aliphatic rings. The lowest BCUT2D eigenvalue weighted by Gasteiger charge is -2.32. The van der Waals surface area contributed by atoms with Crippen LogP contribution in [-0.2, 0) is 22.2 Å². The first-order chi connectivity index (χ1) is 9.11. The number of aliphatic hydroxyl groups is 1. The van der Waals surface area contributed by atoms with Crippen molar-refractivity contribution in [2.75, 3.05) is 0 Å². The predicted molar refractivity (Wildman–Crippen MR) is 75.6 cm³/mol. The number of rotatable bonds is 1. The molecule has 0 amide bonds. The molecule has 3 nitrogen and oxygen atoms in total. The van der Waals surface area contributed by atoms with Gasteiger partial charge in [-0.25, -0.2) is 0 Å². The predicted octanol–water partition coefficient (Wildman–Crippen LogP) is 1.45. The molecule has 1 heterocycles. The number of fused-ring (bicyclic) bond motifs is 1. The molecule has 1 atom stereocenters. The van der Waals surface area contributed by atoms with Gasteiger partial charge in [0.1, 0.15) is 0 Å². The summed E-state index contributed by atoms with van der Waals surface area (Å²) >= 11 is 0. The molecule has 1 aliphatic carbocycles. The molecule has 102 valence electrons. The van der Waals surface area contributed by atoms with Crippen LogP contribution in [0.15, 0.2) is 18.2 Å². The van der Waals surface area contributed by atoms with Crippen LogP contribution in [-0.4, -0.2) is 29.5 Å². The summed E-state index contributed by atoms with van der Waals surface area (Å²) in [4.78, 5) is 0. The van der Waals surface area contributed by atoms with E-state index in [-0.39, 0.29) is 11.2 Å². The maximum Gasteiger partial charge on any atom is 0.495 e. The highest BCUT2D eigenvalue weighted by Crippen LogP contribution is 2.37. The smallest absolute Gasteiger partial charge is 0.399 e. The van der Waals surface area contributed by atoms with Gasteiger partial charge in [0.25, 0.3) is 0 Å². The van der Waals surface area contributed by atoms with Gasteiger partial charge in [0.15, 0.2) is 0 Å². The molecular formula is C15H21BO3. The van der Waals surface area contributed by atoms with E-state index in [0.29, 0.717) is 12.8 Å². The SMILES string of the molecule is [2H]C1(O)Cc2cccc(B3OC(C)(C)C(C)(C)O3)c2C1. The van der Waals surface area contributed by atoms with Crippen molar-refractivity contribution in [2.45, 2.75) is 57.8 Å². The molecule has 1 N–H and O–H groups in total. The van der Waals surface area contributed by atoms with Crippen molar-refractivity contribution in [1.82, 2.24) is 0 Å². The molecule has 0 bridgehead atoms. The molecule has 1 aromatic carbocycles. The Kier molecular flexibility index (Phi) is 2.56. The zero-order valence-electron chi connectivity index (χ0n) is 13.0. The molecule has 1 saturated heterocycles. The van der Waals surface area contributed by atoms with E-state index >= 15 is 0 Å². The van der Waals surface area contributed by atoms with Crippen molar-refractivity contribution in [3.05, 3.63) is 29.3 Å². The van der Waals surface area contributed by atoms with Gasteiger partial charge >= 0.3 is 7.12 Å². The average molecular weight is 261 g/mol. The minimum absolute atomic E-state index is 0.336. The summed E-state index contributed by atoms with van der Waals surface area (Å²) in [6.45, 7) is 8.10. The van der Waals surface area contributed by atoms with E-state index in [9.17, 15) is 5.11 Å². The van der Waals surface area contributed by atoms with Crippen LogP contribution < -0.4 is 5.46 Å². The minimum Gasteiger partial charge on any atom is -0.399 e. The van der Waals surface area contributed by atoms with Crippen LogP contribution in [0.2, 0.25) is 0 Å². The van der Waals surface area contributed by atoms with Gasteiger partial charge in [-0.15, -0.1) is 0 Å². The fourth-order valence-electron chi connectivity index (χ4n) is 2.71. The highest BCUT2D eigenvalue weighted by atomic mass is 16.7. The number of hydrogen-bond acceptors (Lipinski definition) is 3. The first kappa shape index (κ1) is 11.9. The Labute approximate surface area is 116 Å². The summed E-state index contributed by atoms with van der Waals surface area (Å²) < 4.78 is 20.0. The van der Waals surface area contributed by atoms with E-state index in [4.69, 9.17) is 10.7 Å². The second-order valence-electron chi connectivity index (χ2n) is 6.49. The monoisotopic (exact) mass is 261 g/mol. The molecule has 3 rings (SSSR count). The Morgan fingerprint density at radius 1 is 1.21 bits per heavy atom. The average Bonchev–Trinajstić information content (AvgIpc) is 2.70. The highest BCUT2D eigenvalue weighted by molar-refractivity contribution is 6.62. The lowest BCUT2D eigenvalue weighted by atomic mass is 9.75. The Balaban J connectivity index is 1.97. The Morgan fingerprint density at radius 2 is 1.84 bits per heavy atom. The second-order valence-corrected chi connectivity index (χ2v) is 6.49. The molecule has 1 fully saturated rings. The molecule has 0 radical (unpaired) electrons. The van der Waals surface area contributed by atoms with Gasteiger partial charge in [-0.3, -0.25) is 0 Å². The third-order valence-electron chi connectivity index (χ3n) is 4.59. The third kappa shape index (κ3) is 2.02. The lowest BCUT2D eigenvalue weighted by Crippen LogP contribution is -2.41. The molecule has 0 aromatic heterocycles. The van der Waals surface area contributed by atoms with E-state index in [1.54, 1.807) is 0 Å². The molecule has 0 saturated carbocycles. The lowest BCUT2D eigenvalue weighted by molar-refractivity contribution is 0.00578. The summed E-state index contributed by atoms with van der Waals surface area (Å²) in [6.07, 6.45) is -0.694. The molecule has 1 unspecified atom stereocenters. The van der Waals surface area contributed by atoms with Crippen molar-refractivity contribution in [1.29, 1.82) is 0 Å². The van der Waals surface area contributed by atoms with Crippen molar-refractivity contribution >= 4 is 12.6 Å². The van der Waals surface area contributed by atoms with E-state index in [2.05, 4.69) is 0 Å². The van der Waals surface area contributed by atoms with Crippen LogP contribution in [0, 0.1) is 0 Å². The number of hydrogen-bond donors (Lipinski definition) is 1. The van der Waals surface area contributed by atoms with E-state index in [1.165, 1.54) is 0 Å². The normalized spacial score (nSPS) is 32.3. The summed E-state index contributed by atoms with van der Waals surface area (Å²) in [7, 11) is -0.427. The van der Waals surface area contributed by atoms with Crippen LogP contribution in [0.5, 0.6) is 0 Å². The quantitative estimate of drug-likeness (QED) is 0.777. The van der Waals surface area contributed by atoms with Crippen molar-refractivity contribution in [3.8, 4) is 0 Å². The molecule has 19 heavy (non-hydrogen) atoms. The summed E-state index contributed by atoms with van der Waals surface area (Å²) in [5.41, 5.74) is 2.22. The van der Waals surface area contributed by atoms with Gasteiger partial charge in [-0.1, -0.05) is 18.2 Å². The van der Waals surface area contributed by atoms with Gasteiger partial charge in [0, 0.05) is 0 Å². The summed E-state index contributed by atoms with van der Waals surface area (Å²) in [5, 5.41) is 9.97. The molecular weight excluding hydrogens is 239 g/mol. The Bertz CT molecular complexity index is 538. The minimum atomic E-state index is -1.40. The van der Waals surface area contributed by atoms with E-state index in [1.807, 2.05) is 45.9 Å². The molecule has 1 aliphatic heterocycles. The van der Waals surface area contributed by atoms with E-state index < -0.39 is 13.2 Å². The van der Waals surface area contributed by atoms with Crippen LogP contribution >= 0.6 is 0 Å². The van der Waals surface area contributed by atoms with Crippen LogP contribution in [0.1, 0.15) is 40.2 Å². The summed E-state index contributed by atoms with van der Waals surface area (Å²) in [5.74, 6) is 0. The molecule has 4 heteroatoms. The van der Waals surface area contributed by atoms with Gasteiger partial charge in [-0.05, 0) is 57.1 Å². The topological polar surface area (TPSA) is 38.7 Å². The van der Waals surface area contributed by atoms with Gasteiger partial charge in [0.2, 0.25) is 0 Å². The zero-order chi connectivity index (χ0) is 14.8. The van der Waals surface area contributed by atoms with E-state index in [0.717, 1.165) is 16.6 Å². The van der Waals surface area contributed by atoms with Crippen molar-refractivity contribution in [3.63, 3.8) is 0 Å². The van der Waals surface area contributed by atoms with Crippen LogP contribution in [0.25, 0.3) is 0 Å². The number of benzene rings is 1. The second kappa shape index (κ2) is 4.08. The fraction of sp³-hybridized carbons (Fsp3) is 0.600. The van der Waals surface area contributed by atoms with Gasteiger partial charge in [-0.2, -0.15) is 0 Å². The first-order valence-corrected chi connectivity index (χ1v) is 6.80. The maximum absolute atomic E-state index is 9.97. The van der Waals surface area contributed by atoms with Crippen molar-refractivity contribution in [2.24, 2.45) is 0 Å². The standard InChI is InChI=1S/C15H21BO3/c1-14(2)15(3,4)19-16(18-14)13-7-5-6-10-8-11(17)9-12(10)13/h5-7,11,17H,8-9H2,1-4H3/i11D. The molecule has 0 spiro atoms. The first-order valence-electron chi connectivity index (χ1n) is 7.30.